The summed E-state index contributed by atoms with van der Waals surface area (Å²) in [4.78, 5) is 4.10. The highest BCUT2D eigenvalue weighted by Gasteiger charge is 2.41. The molecule has 2 atom stereocenters. The number of hydrogen-bond acceptors (Lipinski definition) is 3. The highest BCUT2D eigenvalue weighted by atomic mass is 16.5. The Morgan fingerprint density at radius 1 is 1.47 bits per heavy atom. The van der Waals surface area contributed by atoms with Crippen LogP contribution in [0, 0.1) is 5.92 Å². The second-order valence-electron chi connectivity index (χ2n) is 4.48. The minimum atomic E-state index is 0.0634. The van der Waals surface area contributed by atoms with Crippen LogP contribution < -0.4 is 0 Å². The summed E-state index contributed by atoms with van der Waals surface area (Å²) >= 11 is 0. The molecule has 1 saturated heterocycles. The van der Waals surface area contributed by atoms with Crippen LogP contribution in [0.4, 0.5) is 0 Å². The van der Waals surface area contributed by atoms with E-state index in [1.165, 1.54) is 12.8 Å². The van der Waals surface area contributed by atoms with Crippen LogP contribution in [0.5, 0.6) is 0 Å². The zero-order valence-corrected chi connectivity index (χ0v) is 8.67. The first-order valence-corrected chi connectivity index (χ1v) is 5.63. The maximum Gasteiger partial charge on any atom is 0.0952 e. The highest BCUT2D eigenvalue weighted by Crippen LogP contribution is 2.43. The van der Waals surface area contributed by atoms with Crippen molar-refractivity contribution in [1.29, 1.82) is 0 Å². The fourth-order valence-corrected chi connectivity index (χ4v) is 2.53. The van der Waals surface area contributed by atoms with Crippen LogP contribution in [0.25, 0.3) is 0 Å². The minimum Gasteiger partial charge on any atom is -0.390 e. The van der Waals surface area contributed by atoms with E-state index in [0.717, 1.165) is 24.6 Å². The highest BCUT2D eigenvalue weighted by molar-refractivity contribution is 5.03. The predicted octanol–water partition coefficient (Wildman–Crippen LogP) is 1.12. The molecule has 0 amide bonds. The van der Waals surface area contributed by atoms with Gasteiger partial charge in [-0.3, -0.25) is 0 Å². The van der Waals surface area contributed by atoms with Gasteiger partial charge in [0, 0.05) is 6.61 Å². The van der Waals surface area contributed by atoms with E-state index in [-0.39, 0.29) is 6.61 Å². The molecule has 82 valence electrons. The standard InChI is InChI=1S/C11H16N2O2/c14-6-9-5-12-7-13(9)10-3-4-15-11(10)8-1-2-8/h5,7-8,10-11,14H,1-4,6H2. The van der Waals surface area contributed by atoms with E-state index in [1.807, 2.05) is 6.33 Å². The molecule has 1 aliphatic carbocycles. The first-order valence-electron chi connectivity index (χ1n) is 5.63. The van der Waals surface area contributed by atoms with E-state index in [0.29, 0.717) is 12.1 Å². The van der Waals surface area contributed by atoms with Crippen LogP contribution in [0.3, 0.4) is 0 Å². The summed E-state index contributed by atoms with van der Waals surface area (Å²) in [6, 6.07) is 0.391. The van der Waals surface area contributed by atoms with Crippen molar-refractivity contribution in [2.75, 3.05) is 6.61 Å². The number of hydrogen-bond donors (Lipinski definition) is 1. The molecule has 0 radical (unpaired) electrons. The molecule has 0 aromatic carbocycles. The summed E-state index contributed by atoms with van der Waals surface area (Å²) in [7, 11) is 0. The van der Waals surface area contributed by atoms with Crippen LogP contribution >= 0.6 is 0 Å². The quantitative estimate of drug-likeness (QED) is 0.809. The molecule has 15 heavy (non-hydrogen) atoms. The maximum absolute atomic E-state index is 9.21. The number of rotatable bonds is 3. The Morgan fingerprint density at radius 2 is 2.33 bits per heavy atom. The predicted molar refractivity (Wildman–Crippen MR) is 54.3 cm³/mol. The van der Waals surface area contributed by atoms with Gasteiger partial charge in [0.15, 0.2) is 0 Å². The van der Waals surface area contributed by atoms with E-state index in [4.69, 9.17) is 4.74 Å². The molecule has 2 heterocycles. The molecule has 4 nitrogen and oxygen atoms in total. The molecule has 0 bridgehead atoms. The lowest BCUT2D eigenvalue weighted by molar-refractivity contribution is 0.0737. The summed E-state index contributed by atoms with van der Waals surface area (Å²) in [5, 5.41) is 9.21. The van der Waals surface area contributed by atoms with Gasteiger partial charge in [0.05, 0.1) is 37.0 Å². The Balaban J connectivity index is 1.85. The van der Waals surface area contributed by atoms with Gasteiger partial charge in [-0.2, -0.15) is 0 Å². The lowest BCUT2D eigenvalue weighted by atomic mass is 10.1. The maximum atomic E-state index is 9.21. The van der Waals surface area contributed by atoms with Gasteiger partial charge < -0.3 is 14.4 Å². The summed E-state index contributed by atoms with van der Waals surface area (Å²) in [5.41, 5.74) is 0.899. The zero-order chi connectivity index (χ0) is 10.3. The van der Waals surface area contributed by atoms with Crippen LogP contribution in [0.2, 0.25) is 0 Å². The third-order valence-corrected chi connectivity index (χ3v) is 3.46. The van der Waals surface area contributed by atoms with Gasteiger partial charge in [0.2, 0.25) is 0 Å². The SMILES string of the molecule is OCc1cncn1C1CCOC1C1CC1. The lowest BCUT2D eigenvalue weighted by Gasteiger charge is -2.21. The van der Waals surface area contributed by atoms with Crippen LogP contribution in [-0.2, 0) is 11.3 Å². The molecule has 1 N–H and O–H groups in total. The van der Waals surface area contributed by atoms with Crippen molar-refractivity contribution in [3.8, 4) is 0 Å². The molecular weight excluding hydrogens is 192 g/mol. The first kappa shape index (κ1) is 9.36. The average Bonchev–Trinajstić information content (AvgIpc) is 2.83. The van der Waals surface area contributed by atoms with Gasteiger partial charge in [-0.1, -0.05) is 0 Å². The van der Waals surface area contributed by atoms with E-state index < -0.39 is 0 Å². The smallest absolute Gasteiger partial charge is 0.0952 e. The fraction of sp³-hybridized carbons (Fsp3) is 0.727. The number of aliphatic hydroxyl groups excluding tert-OH is 1. The number of imidazole rings is 1. The molecule has 4 heteroatoms. The molecule has 1 aromatic rings. The monoisotopic (exact) mass is 208 g/mol. The summed E-state index contributed by atoms with van der Waals surface area (Å²) < 4.78 is 7.88. The van der Waals surface area contributed by atoms with Gasteiger partial charge in [0.1, 0.15) is 0 Å². The summed E-state index contributed by atoms with van der Waals surface area (Å²) in [6.07, 6.45) is 7.55. The lowest BCUT2D eigenvalue weighted by Crippen LogP contribution is -2.23. The van der Waals surface area contributed by atoms with E-state index in [9.17, 15) is 5.11 Å². The van der Waals surface area contributed by atoms with Crippen molar-refractivity contribution >= 4 is 0 Å². The molecule has 0 spiro atoms. The molecule has 1 aliphatic heterocycles. The fourth-order valence-electron chi connectivity index (χ4n) is 2.53. The van der Waals surface area contributed by atoms with Crippen molar-refractivity contribution in [2.24, 2.45) is 5.92 Å². The summed E-state index contributed by atoms with van der Waals surface area (Å²) in [6.45, 7) is 0.906. The van der Waals surface area contributed by atoms with Gasteiger partial charge in [-0.05, 0) is 25.2 Å². The van der Waals surface area contributed by atoms with E-state index in [2.05, 4.69) is 9.55 Å². The second-order valence-corrected chi connectivity index (χ2v) is 4.48. The number of aromatic nitrogens is 2. The topological polar surface area (TPSA) is 47.3 Å². The normalized spacial score (nSPS) is 31.0. The Labute approximate surface area is 88.9 Å². The third-order valence-electron chi connectivity index (χ3n) is 3.46. The van der Waals surface area contributed by atoms with Crippen LogP contribution in [0.15, 0.2) is 12.5 Å². The Hall–Kier alpha value is -0.870. The van der Waals surface area contributed by atoms with E-state index in [1.54, 1.807) is 6.20 Å². The van der Waals surface area contributed by atoms with Gasteiger partial charge in [0.25, 0.3) is 0 Å². The van der Waals surface area contributed by atoms with Crippen molar-refractivity contribution < 1.29 is 9.84 Å². The second kappa shape index (κ2) is 3.61. The molecule has 2 unspecified atom stereocenters. The van der Waals surface area contributed by atoms with Gasteiger partial charge in [-0.15, -0.1) is 0 Å². The third kappa shape index (κ3) is 1.58. The average molecular weight is 208 g/mol. The van der Waals surface area contributed by atoms with Crippen molar-refractivity contribution in [2.45, 2.75) is 38.0 Å². The Morgan fingerprint density at radius 3 is 3.07 bits per heavy atom. The summed E-state index contributed by atoms with van der Waals surface area (Å²) in [5.74, 6) is 0.742. The molecule has 1 aromatic heterocycles. The number of ether oxygens (including phenoxy) is 1. The molecule has 1 saturated carbocycles. The van der Waals surface area contributed by atoms with E-state index >= 15 is 0 Å². The largest absolute Gasteiger partial charge is 0.390 e. The van der Waals surface area contributed by atoms with Crippen molar-refractivity contribution in [3.63, 3.8) is 0 Å². The molecular formula is C11H16N2O2. The number of aliphatic hydroxyl groups is 1. The van der Waals surface area contributed by atoms with Crippen molar-refractivity contribution in [1.82, 2.24) is 9.55 Å². The Bertz CT molecular complexity index is 346. The Kier molecular flexibility index (Phi) is 2.25. The van der Waals surface area contributed by atoms with Crippen LogP contribution in [0.1, 0.15) is 31.0 Å². The zero-order valence-electron chi connectivity index (χ0n) is 8.67. The molecule has 3 rings (SSSR count). The van der Waals surface area contributed by atoms with Crippen molar-refractivity contribution in [3.05, 3.63) is 18.2 Å². The van der Waals surface area contributed by atoms with Crippen LogP contribution in [-0.4, -0.2) is 27.4 Å². The van der Waals surface area contributed by atoms with Gasteiger partial charge in [-0.25, -0.2) is 4.98 Å². The minimum absolute atomic E-state index is 0.0634. The molecule has 2 aliphatic rings. The van der Waals surface area contributed by atoms with Gasteiger partial charge >= 0.3 is 0 Å². The molecule has 2 fully saturated rings. The first-order chi connectivity index (χ1) is 7.40. The number of nitrogens with zero attached hydrogens (tertiary/aromatic N) is 2.